The quantitative estimate of drug-likeness (QED) is 0.359. The largest absolute Gasteiger partial charge is 0.487 e. The van der Waals surface area contributed by atoms with Crippen LogP contribution in [-0.4, -0.2) is 34.0 Å². The van der Waals surface area contributed by atoms with Crippen LogP contribution in [0.2, 0.25) is 5.02 Å². The lowest BCUT2D eigenvalue weighted by atomic mass is 9.90. The molecular formula is C30H32ClNO4. The summed E-state index contributed by atoms with van der Waals surface area (Å²) >= 11 is 5.99. The summed E-state index contributed by atoms with van der Waals surface area (Å²) < 4.78 is 6.34. The van der Waals surface area contributed by atoms with Crippen LogP contribution in [0.3, 0.4) is 0 Å². The highest BCUT2D eigenvalue weighted by molar-refractivity contribution is 6.30. The highest BCUT2D eigenvalue weighted by Crippen LogP contribution is 2.38. The van der Waals surface area contributed by atoms with Crippen molar-refractivity contribution in [2.75, 3.05) is 6.54 Å². The molecular weight excluding hydrogens is 474 g/mol. The number of amides is 1. The Morgan fingerprint density at radius 3 is 2.33 bits per heavy atom. The number of halogens is 1. The van der Waals surface area contributed by atoms with Gasteiger partial charge in [-0.2, -0.15) is 0 Å². The van der Waals surface area contributed by atoms with Crippen molar-refractivity contribution in [1.29, 1.82) is 0 Å². The van der Waals surface area contributed by atoms with Gasteiger partial charge in [-0.1, -0.05) is 61.8 Å². The van der Waals surface area contributed by atoms with Crippen LogP contribution in [0.1, 0.15) is 65.7 Å². The summed E-state index contributed by atoms with van der Waals surface area (Å²) in [5.74, 6) is 0.144. The summed E-state index contributed by atoms with van der Waals surface area (Å²) in [6.45, 7) is 6.90. The molecule has 5 nitrogen and oxygen atoms in total. The number of carbonyl (C=O) groups is 2. The zero-order valence-corrected chi connectivity index (χ0v) is 21.7. The van der Waals surface area contributed by atoms with Crippen molar-refractivity contribution in [2.45, 2.75) is 58.1 Å². The molecule has 0 saturated carbocycles. The summed E-state index contributed by atoms with van der Waals surface area (Å²) in [5, 5.41) is 9.80. The van der Waals surface area contributed by atoms with Crippen LogP contribution in [0.15, 0.2) is 66.7 Å². The smallest absolute Gasteiger partial charge is 0.305 e. The van der Waals surface area contributed by atoms with Crippen molar-refractivity contribution in [3.05, 3.63) is 99.6 Å². The average Bonchev–Trinajstić information content (AvgIpc) is 3.17. The predicted molar refractivity (Wildman–Crippen MR) is 142 cm³/mol. The molecule has 188 valence electrons. The van der Waals surface area contributed by atoms with Crippen molar-refractivity contribution >= 4 is 23.5 Å². The van der Waals surface area contributed by atoms with E-state index in [4.69, 9.17) is 16.3 Å². The fourth-order valence-electron chi connectivity index (χ4n) is 4.68. The molecule has 0 saturated heterocycles. The molecule has 1 heterocycles. The number of hydrogen-bond donors (Lipinski definition) is 1. The van der Waals surface area contributed by atoms with Crippen LogP contribution >= 0.6 is 11.6 Å². The van der Waals surface area contributed by atoms with Crippen LogP contribution in [0.5, 0.6) is 5.75 Å². The second-order valence-corrected chi connectivity index (χ2v) is 10.6. The number of aliphatic carboxylic acids is 1. The van der Waals surface area contributed by atoms with E-state index in [9.17, 15) is 14.7 Å². The van der Waals surface area contributed by atoms with E-state index in [0.29, 0.717) is 29.5 Å². The SMILES string of the molecule is CC(C)c1ccc(CC2(C)Cc3cc(C(=O)N(CCC(=O)O)Cc4ccc(Cl)cc4)ccc3O2)cc1. The maximum atomic E-state index is 13.4. The van der Waals surface area contributed by atoms with E-state index in [2.05, 4.69) is 45.0 Å². The van der Waals surface area contributed by atoms with Gasteiger partial charge in [-0.25, -0.2) is 0 Å². The first-order chi connectivity index (χ1) is 17.1. The molecule has 1 N–H and O–H groups in total. The number of hydrogen-bond acceptors (Lipinski definition) is 3. The van der Waals surface area contributed by atoms with Gasteiger partial charge in [0.15, 0.2) is 0 Å². The van der Waals surface area contributed by atoms with Gasteiger partial charge in [0.25, 0.3) is 5.91 Å². The third-order valence-electron chi connectivity index (χ3n) is 6.62. The molecule has 3 aromatic rings. The molecule has 0 aromatic heterocycles. The van der Waals surface area contributed by atoms with E-state index in [1.807, 2.05) is 24.3 Å². The lowest BCUT2D eigenvalue weighted by molar-refractivity contribution is -0.137. The number of rotatable bonds is 9. The Morgan fingerprint density at radius 1 is 1.03 bits per heavy atom. The number of carboxylic acid groups (broad SMARTS) is 1. The zero-order chi connectivity index (χ0) is 25.9. The minimum atomic E-state index is -0.941. The Hall–Kier alpha value is -3.31. The van der Waals surface area contributed by atoms with E-state index in [-0.39, 0.29) is 18.9 Å². The van der Waals surface area contributed by atoms with E-state index < -0.39 is 11.6 Å². The van der Waals surface area contributed by atoms with Crippen molar-refractivity contribution in [3.63, 3.8) is 0 Å². The zero-order valence-electron chi connectivity index (χ0n) is 21.0. The summed E-state index contributed by atoms with van der Waals surface area (Å²) in [6, 6.07) is 21.4. The Bertz CT molecular complexity index is 1240. The number of nitrogens with zero attached hydrogens (tertiary/aromatic N) is 1. The van der Waals surface area contributed by atoms with Crippen LogP contribution in [0.4, 0.5) is 0 Å². The monoisotopic (exact) mass is 505 g/mol. The van der Waals surface area contributed by atoms with E-state index in [0.717, 1.165) is 23.3 Å². The molecule has 1 aliphatic rings. The minimum absolute atomic E-state index is 0.120. The standard InChI is InChI=1S/C30H32ClNO4/c1-20(2)23-8-4-21(5-9-23)17-30(3)18-25-16-24(10-13-27(25)36-30)29(35)32(15-14-28(33)34)19-22-6-11-26(31)12-7-22/h4-13,16,20H,14-15,17-19H2,1-3H3,(H,33,34). The fourth-order valence-corrected chi connectivity index (χ4v) is 4.81. The molecule has 36 heavy (non-hydrogen) atoms. The van der Waals surface area contributed by atoms with Gasteiger partial charge in [-0.3, -0.25) is 9.59 Å². The average molecular weight is 506 g/mol. The van der Waals surface area contributed by atoms with Crippen molar-refractivity contribution in [1.82, 2.24) is 4.90 Å². The van der Waals surface area contributed by atoms with Gasteiger partial charge in [0.1, 0.15) is 11.4 Å². The molecule has 6 heteroatoms. The van der Waals surface area contributed by atoms with Crippen LogP contribution < -0.4 is 4.74 Å². The van der Waals surface area contributed by atoms with E-state index in [1.165, 1.54) is 11.1 Å². The number of ether oxygens (including phenoxy) is 1. The number of fused-ring (bicyclic) bond motifs is 1. The molecule has 4 rings (SSSR count). The molecule has 1 aliphatic heterocycles. The number of carbonyl (C=O) groups excluding carboxylic acids is 1. The predicted octanol–water partition coefficient (Wildman–Crippen LogP) is 6.52. The molecule has 3 aromatic carbocycles. The molecule has 0 spiro atoms. The van der Waals surface area contributed by atoms with Gasteiger partial charge in [0, 0.05) is 36.5 Å². The van der Waals surface area contributed by atoms with Crippen molar-refractivity contribution < 1.29 is 19.4 Å². The van der Waals surface area contributed by atoms with Gasteiger partial charge in [0.2, 0.25) is 0 Å². The third-order valence-corrected chi connectivity index (χ3v) is 6.87. The summed E-state index contributed by atoms with van der Waals surface area (Å²) in [7, 11) is 0. The first-order valence-corrected chi connectivity index (χ1v) is 12.7. The molecule has 1 unspecified atom stereocenters. The first-order valence-electron chi connectivity index (χ1n) is 12.3. The second-order valence-electron chi connectivity index (χ2n) is 10.1. The number of benzene rings is 3. The van der Waals surface area contributed by atoms with Crippen LogP contribution in [-0.2, 0) is 24.2 Å². The van der Waals surface area contributed by atoms with Gasteiger partial charge in [-0.05, 0) is 65.4 Å². The third kappa shape index (κ3) is 6.27. The molecule has 0 bridgehead atoms. The maximum Gasteiger partial charge on any atom is 0.305 e. The molecule has 0 radical (unpaired) electrons. The van der Waals surface area contributed by atoms with E-state index in [1.54, 1.807) is 23.1 Å². The molecule has 0 fully saturated rings. The highest BCUT2D eigenvalue weighted by Gasteiger charge is 2.35. The topological polar surface area (TPSA) is 66.8 Å². The Balaban J connectivity index is 1.49. The van der Waals surface area contributed by atoms with Crippen LogP contribution in [0, 0.1) is 0 Å². The van der Waals surface area contributed by atoms with Gasteiger partial charge >= 0.3 is 5.97 Å². The van der Waals surface area contributed by atoms with Crippen molar-refractivity contribution in [3.8, 4) is 5.75 Å². The summed E-state index contributed by atoms with van der Waals surface area (Å²) in [5.41, 5.74) is 4.55. The van der Waals surface area contributed by atoms with Crippen LogP contribution in [0.25, 0.3) is 0 Å². The molecule has 0 aliphatic carbocycles. The Labute approximate surface area is 217 Å². The number of carboxylic acids is 1. The summed E-state index contributed by atoms with van der Waals surface area (Å²) in [4.78, 5) is 26.2. The van der Waals surface area contributed by atoms with Gasteiger partial charge in [0.05, 0.1) is 6.42 Å². The highest BCUT2D eigenvalue weighted by atomic mass is 35.5. The van der Waals surface area contributed by atoms with Gasteiger partial charge in [-0.15, -0.1) is 0 Å². The lowest BCUT2D eigenvalue weighted by Crippen LogP contribution is -2.33. The normalized spacial score (nSPS) is 16.5. The van der Waals surface area contributed by atoms with Gasteiger partial charge < -0.3 is 14.7 Å². The molecule has 1 atom stereocenters. The Morgan fingerprint density at radius 2 is 1.69 bits per heavy atom. The minimum Gasteiger partial charge on any atom is -0.487 e. The van der Waals surface area contributed by atoms with Crippen molar-refractivity contribution in [2.24, 2.45) is 0 Å². The fraction of sp³-hybridized carbons (Fsp3) is 0.333. The molecule has 1 amide bonds. The maximum absolute atomic E-state index is 13.4. The Kier molecular flexibility index (Phi) is 7.70. The summed E-state index contributed by atoms with van der Waals surface area (Å²) in [6.07, 6.45) is 1.34. The van der Waals surface area contributed by atoms with E-state index >= 15 is 0 Å². The lowest BCUT2D eigenvalue weighted by Gasteiger charge is -2.24. The second kappa shape index (κ2) is 10.8. The first kappa shape index (κ1) is 25.8.